The van der Waals surface area contributed by atoms with Gasteiger partial charge in [0.05, 0.1) is 25.5 Å². The molecular formula is C40H52FN11O7. The maximum absolute atomic E-state index is 16.1. The van der Waals surface area contributed by atoms with E-state index >= 15 is 4.39 Å². The van der Waals surface area contributed by atoms with Crippen LogP contribution in [-0.2, 0) is 19.1 Å². The Balaban J connectivity index is 1.36. The van der Waals surface area contributed by atoms with Crippen molar-refractivity contribution in [3.63, 3.8) is 0 Å². The van der Waals surface area contributed by atoms with Crippen LogP contribution in [0.4, 0.5) is 32.1 Å². The summed E-state index contributed by atoms with van der Waals surface area (Å²) in [5.74, 6) is -3.01. The molecule has 59 heavy (non-hydrogen) atoms. The maximum atomic E-state index is 16.1. The summed E-state index contributed by atoms with van der Waals surface area (Å²) in [6.07, 6.45) is 3.35. The van der Waals surface area contributed by atoms with E-state index in [9.17, 15) is 24.0 Å². The maximum Gasteiger partial charge on any atom is 0.312 e. The SMILES string of the molecule is C=CC(=O)Nc1ccc(C(=O)Nc2cccc(Nc3c(F)c(OCCOCCNC(=O)[C@H](CCCNC(N)=O)NC(=O)[C@@H](N)C(C)C)nc4c(C(C)C)cnn34)c2)cc1. The summed E-state index contributed by atoms with van der Waals surface area (Å²) < 4.78 is 28.8. The second-order valence-electron chi connectivity index (χ2n) is 14.0. The number of nitrogens with zero attached hydrogens (tertiary/aromatic N) is 3. The minimum atomic E-state index is -0.902. The third kappa shape index (κ3) is 13.2. The summed E-state index contributed by atoms with van der Waals surface area (Å²) in [7, 11) is 0. The molecule has 2 aromatic carbocycles. The molecule has 0 radical (unpaired) electrons. The van der Waals surface area contributed by atoms with Crippen LogP contribution in [0.3, 0.4) is 0 Å². The number of halogens is 1. The topological polar surface area (TPSA) is 258 Å². The van der Waals surface area contributed by atoms with Crippen LogP contribution in [-0.4, -0.2) is 89.3 Å². The smallest absolute Gasteiger partial charge is 0.312 e. The number of fused-ring (bicyclic) bond motifs is 1. The molecule has 0 saturated carbocycles. The zero-order valence-electron chi connectivity index (χ0n) is 33.5. The first kappa shape index (κ1) is 45.1. The number of hydrogen-bond donors (Lipinski definition) is 8. The van der Waals surface area contributed by atoms with Crippen molar-refractivity contribution >= 4 is 58.2 Å². The van der Waals surface area contributed by atoms with Gasteiger partial charge in [0.25, 0.3) is 11.8 Å². The highest BCUT2D eigenvalue weighted by molar-refractivity contribution is 6.05. The molecule has 19 heteroatoms. The van der Waals surface area contributed by atoms with Crippen molar-refractivity contribution in [2.45, 2.75) is 58.5 Å². The molecule has 0 saturated heterocycles. The van der Waals surface area contributed by atoms with E-state index in [1.165, 1.54) is 4.52 Å². The molecule has 0 aliphatic rings. The van der Waals surface area contributed by atoms with Crippen LogP contribution in [0.1, 0.15) is 62.4 Å². The van der Waals surface area contributed by atoms with Gasteiger partial charge in [-0.25, -0.2) is 4.79 Å². The molecule has 4 rings (SSSR count). The van der Waals surface area contributed by atoms with E-state index in [2.05, 4.69) is 48.6 Å². The Bertz CT molecular complexity index is 2110. The summed E-state index contributed by atoms with van der Waals surface area (Å²) in [6, 6.07) is 10.6. The fourth-order valence-corrected chi connectivity index (χ4v) is 5.52. The third-order valence-corrected chi connectivity index (χ3v) is 8.83. The molecule has 0 aliphatic heterocycles. The van der Waals surface area contributed by atoms with Crippen LogP contribution in [0.5, 0.6) is 5.88 Å². The normalized spacial score (nSPS) is 12.1. The largest absolute Gasteiger partial charge is 0.473 e. The molecule has 18 nitrogen and oxygen atoms in total. The molecule has 0 bridgehead atoms. The Morgan fingerprint density at radius 3 is 2.32 bits per heavy atom. The number of aromatic nitrogens is 3. The molecule has 2 aromatic heterocycles. The van der Waals surface area contributed by atoms with Crippen molar-refractivity contribution in [1.29, 1.82) is 0 Å². The van der Waals surface area contributed by atoms with Crippen molar-refractivity contribution in [1.82, 2.24) is 30.5 Å². The van der Waals surface area contributed by atoms with Gasteiger partial charge in [-0.3, -0.25) is 19.2 Å². The van der Waals surface area contributed by atoms with Gasteiger partial charge in [-0.2, -0.15) is 19.0 Å². The third-order valence-electron chi connectivity index (χ3n) is 8.83. The number of benzene rings is 2. The van der Waals surface area contributed by atoms with Gasteiger partial charge in [0.1, 0.15) is 12.6 Å². The number of anilines is 4. The first-order chi connectivity index (χ1) is 28.2. The lowest BCUT2D eigenvalue weighted by Gasteiger charge is -2.22. The van der Waals surface area contributed by atoms with Gasteiger partial charge in [0, 0.05) is 41.3 Å². The average Bonchev–Trinajstić information content (AvgIpc) is 3.63. The van der Waals surface area contributed by atoms with Crippen molar-refractivity contribution in [3.05, 3.63) is 84.3 Å². The zero-order chi connectivity index (χ0) is 43.1. The molecule has 4 aromatic rings. The van der Waals surface area contributed by atoms with E-state index in [0.29, 0.717) is 34.7 Å². The molecule has 0 fully saturated rings. The van der Waals surface area contributed by atoms with Gasteiger partial charge in [-0.1, -0.05) is 40.3 Å². The molecule has 10 N–H and O–H groups in total. The van der Waals surface area contributed by atoms with Crippen molar-refractivity contribution in [2.75, 3.05) is 48.9 Å². The first-order valence-electron chi connectivity index (χ1n) is 19.0. The fraction of sp³-hybridized carbons (Fsp3) is 0.375. The van der Waals surface area contributed by atoms with Crippen LogP contribution in [0.2, 0.25) is 0 Å². The Morgan fingerprint density at radius 2 is 1.64 bits per heavy atom. The van der Waals surface area contributed by atoms with E-state index in [1.54, 1.807) is 68.6 Å². The second-order valence-corrected chi connectivity index (χ2v) is 14.0. The highest BCUT2D eigenvalue weighted by Gasteiger charge is 2.25. The molecule has 0 unspecified atom stereocenters. The highest BCUT2D eigenvalue weighted by atomic mass is 19.1. The zero-order valence-corrected chi connectivity index (χ0v) is 33.5. The van der Waals surface area contributed by atoms with Gasteiger partial charge in [0.2, 0.25) is 23.5 Å². The average molecular weight is 818 g/mol. The number of ether oxygens (including phenoxy) is 2. The molecule has 2 atom stereocenters. The fourth-order valence-electron chi connectivity index (χ4n) is 5.52. The number of nitrogens with two attached hydrogens (primary N) is 2. The Labute approximate surface area is 341 Å². The second kappa shape index (κ2) is 21.8. The molecule has 0 aliphatic carbocycles. The van der Waals surface area contributed by atoms with E-state index in [0.717, 1.165) is 11.6 Å². The Hall–Kier alpha value is -6.60. The van der Waals surface area contributed by atoms with Crippen LogP contribution < -0.4 is 48.1 Å². The summed E-state index contributed by atoms with van der Waals surface area (Å²) in [5, 5.41) is 20.7. The lowest BCUT2D eigenvalue weighted by atomic mass is 10.0. The van der Waals surface area contributed by atoms with Crippen LogP contribution >= 0.6 is 0 Å². The van der Waals surface area contributed by atoms with Gasteiger partial charge < -0.3 is 52.8 Å². The lowest BCUT2D eigenvalue weighted by molar-refractivity contribution is -0.130. The highest BCUT2D eigenvalue weighted by Crippen LogP contribution is 2.31. The Kier molecular flexibility index (Phi) is 16.7. The Morgan fingerprint density at radius 1 is 0.915 bits per heavy atom. The number of primary amides is 1. The van der Waals surface area contributed by atoms with Crippen LogP contribution in [0.15, 0.2) is 67.4 Å². The minimum absolute atomic E-state index is 0.00207. The van der Waals surface area contributed by atoms with Crippen LogP contribution in [0.25, 0.3) is 5.65 Å². The van der Waals surface area contributed by atoms with E-state index < -0.39 is 41.7 Å². The first-order valence-corrected chi connectivity index (χ1v) is 19.0. The molecular weight excluding hydrogens is 766 g/mol. The number of amides is 6. The predicted molar refractivity (Wildman–Crippen MR) is 221 cm³/mol. The summed E-state index contributed by atoms with van der Waals surface area (Å²) in [4.78, 5) is 65.5. The molecule has 316 valence electrons. The minimum Gasteiger partial charge on any atom is -0.473 e. The standard InChI is InChI=1S/C40H52FN11O7/c1-6-31(53)47-26-14-12-25(13-15-26)36(54)49-28-10-7-9-27(21-28)48-35-32(41)39(51-34-29(23(2)3)22-46-52(34)35)59-20-19-58-18-17-44-37(55)30(11-8-16-45-40(43)57)50-38(56)33(42)24(4)5/h6-7,9-10,12-15,21-24,30,33,48H,1,8,11,16-20,42H2,2-5H3,(H,44,55)(H,47,53)(H,49,54)(H,50,56)(H3,43,45,57)/t30-,33-/m0/s1. The number of carbonyl (C=O) groups excluding carboxylic acids is 5. The summed E-state index contributed by atoms with van der Waals surface area (Å²) in [6.45, 7) is 11.3. The van der Waals surface area contributed by atoms with Crippen molar-refractivity contribution < 1.29 is 37.8 Å². The molecule has 2 heterocycles. The van der Waals surface area contributed by atoms with Crippen LogP contribution in [0, 0.1) is 11.7 Å². The van der Waals surface area contributed by atoms with E-state index in [4.69, 9.17) is 20.9 Å². The van der Waals surface area contributed by atoms with Crippen molar-refractivity contribution in [2.24, 2.45) is 17.4 Å². The monoisotopic (exact) mass is 817 g/mol. The van der Waals surface area contributed by atoms with E-state index in [-0.39, 0.29) is 68.8 Å². The number of nitrogens with one attached hydrogen (secondary N) is 6. The van der Waals surface area contributed by atoms with E-state index in [1.807, 2.05) is 13.8 Å². The van der Waals surface area contributed by atoms with Gasteiger partial charge in [-0.05, 0) is 73.2 Å². The predicted octanol–water partition coefficient (Wildman–Crippen LogP) is 3.54. The number of urea groups is 1. The molecule has 6 amide bonds. The molecule has 0 spiro atoms. The van der Waals surface area contributed by atoms with Gasteiger partial charge >= 0.3 is 6.03 Å². The summed E-state index contributed by atoms with van der Waals surface area (Å²) >= 11 is 0. The number of hydrogen-bond acceptors (Lipinski definition) is 11. The number of rotatable bonds is 22. The lowest BCUT2D eigenvalue weighted by Crippen LogP contribution is -2.53. The number of carbonyl (C=O) groups is 5. The van der Waals surface area contributed by atoms with Gasteiger partial charge in [0.15, 0.2) is 11.5 Å². The quantitative estimate of drug-likeness (QED) is 0.0420. The van der Waals surface area contributed by atoms with Gasteiger partial charge in [-0.15, -0.1) is 0 Å². The summed E-state index contributed by atoms with van der Waals surface area (Å²) in [5.41, 5.74) is 13.9. The van der Waals surface area contributed by atoms with Crippen molar-refractivity contribution in [3.8, 4) is 5.88 Å².